The van der Waals surface area contributed by atoms with Gasteiger partial charge in [0.2, 0.25) is 11.8 Å². The summed E-state index contributed by atoms with van der Waals surface area (Å²) in [6.07, 6.45) is 1.13. The molecule has 0 radical (unpaired) electrons. The summed E-state index contributed by atoms with van der Waals surface area (Å²) in [5.41, 5.74) is 2.75. The van der Waals surface area contributed by atoms with Crippen LogP contribution in [0.2, 0.25) is 5.02 Å². The lowest BCUT2D eigenvalue weighted by atomic mass is 10.1. The number of hydrogen-bond acceptors (Lipinski definition) is 4. The van der Waals surface area contributed by atoms with Crippen LogP contribution in [-0.2, 0) is 26.2 Å². The number of benzene rings is 3. The van der Waals surface area contributed by atoms with Gasteiger partial charge in [-0.25, -0.2) is 8.42 Å². The predicted octanol–water partition coefficient (Wildman–Crippen LogP) is 5.49. The summed E-state index contributed by atoms with van der Waals surface area (Å²) >= 11 is 6.37. The van der Waals surface area contributed by atoms with Crippen molar-refractivity contribution >= 4 is 39.1 Å². The van der Waals surface area contributed by atoms with Crippen LogP contribution >= 0.6 is 11.6 Å². The third-order valence-corrected chi connectivity index (χ3v) is 8.71. The van der Waals surface area contributed by atoms with Gasteiger partial charge in [0.1, 0.15) is 12.6 Å². The van der Waals surface area contributed by atoms with Crippen molar-refractivity contribution in [1.82, 2.24) is 10.2 Å². The number of nitrogens with zero attached hydrogens (tertiary/aromatic N) is 2. The normalized spacial score (nSPS) is 12.0. The number of carbonyl (C=O) groups excluding carboxylic acids is 2. The number of sulfonamides is 1. The van der Waals surface area contributed by atoms with Gasteiger partial charge in [0.05, 0.1) is 10.6 Å². The Morgan fingerprint density at radius 2 is 1.59 bits per heavy atom. The van der Waals surface area contributed by atoms with E-state index in [2.05, 4.69) is 5.32 Å². The molecule has 0 heterocycles. The van der Waals surface area contributed by atoms with E-state index in [0.717, 1.165) is 21.9 Å². The molecule has 2 amide bonds. The van der Waals surface area contributed by atoms with Crippen molar-refractivity contribution in [1.29, 1.82) is 0 Å². The van der Waals surface area contributed by atoms with Crippen LogP contribution < -0.4 is 9.62 Å². The number of anilines is 1. The monoisotopic (exact) mass is 569 g/mol. The van der Waals surface area contributed by atoms with Gasteiger partial charge in [-0.1, -0.05) is 79.5 Å². The molecule has 1 unspecified atom stereocenters. The van der Waals surface area contributed by atoms with Crippen molar-refractivity contribution in [2.75, 3.05) is 17.4 Å². The van der Waals surface area contributed by atoms with Crippen LogP contribution in [-0.4, -0.2) is 44.3 Å². The first-order chi connectivity index (χ1) is 18.6. The highest BCUT2D eigenvalue weighted by molar-refractivity contribution is 7.92. The molecule has 0 aromatic heterocycles. The van der Waals surface area contributed by atoms with Crippen molar-refractivity contribution in [3.8, 4) is 0 Å². The quantitative estimate of drug-likeness (QED) is 0.313. The van der Waals surface area contributed by atoms with Gasteiger partial charge >= 0.3 is 0 Å². The maximum absolute atomic E-state index is 14.1. The smallest absolute Gasteiger partial charge is 0.264 e. The first-order valence-electron chi connectivity index (χ1n) is 13.1. The van der Waals surface area contributed by atoms with Gasteiger partial charge in [-0.3, -0.25) is 13.9 Å². The molecule has 0 aliphatic rings. The zero-order chi connectivity index (χ0) is 28.6. The molecule has 0 fully saturated rings. The molecule has 0 aliphatic carbocycles. The number of amides is 2. The van der Waals surface area contributed by atoms with Gasteiger partial charge in [0.15, 0.2) is 0 Å². The Hall–Kier alpha value is -3.36. The molecule has 1 atom stereocenters. The Bertz CT molecular complexity index is 1380. The molecule has 3 aromatic rings. The molecule has 39 heavy (non-hydrogen) atoms. The summed E-state index contributed by atoms with van der Waals surface area (Å²) in [5, 5.41) is 3.27. The number of aryl methyl sites for hydroxylation is 1. The molecule has 3 rings (SSSR count). The van der Waals surface area contributed by atoms with Gasteiger partial charge < -0.3 is 10.2 Å². The fourth-order valence-electron chi connectivity index (χ4n) is 4.27. The fourth-order valence-corrected chi connectivity index (χ4v) is 5.94. The Morgan fingerprint density at radius 3 is 2.21 bits per heavy atom. The lowest BCUT2D eigenvalue weighted by molar-refractivity contribution is -0.140. The third-order valence-electron chi connectivity index (χ3n) is 6.53. The van der Waals surface area contributed by atoms with E-state index in [1.165, 1.54) is 17.0 Å². The molecule has 0 bridgehead atoms. The van der Waals surface area contributed by atoms with Crippen molar-refractivity contribution in [2.24, 2.45) is 0 Å². The number of halogens is 1. The minimum atomic E-state index is -4.14. The maximum Gasteiger partial charge on any atom is 0.264 e. The second-order valence-electron chi connectivity index (χ2n) is 9.43. The number of hydrogen-bond donors (Lipinski definition) is 1. The largest absolute Gasteiger partial charge is 0.354 e. The SMILES string of the molecule is CCCNC(=O)C(CC)N(Cc1ccc(C)cc1)C(=O)CN(c1cccc(Cl)c1C)S(=O)(=O)c1ccccc1. The molecule has 1 N–H and O–H groups in total. The van der Waals surface area contributed by atoms with Gasteiger partial charge in [0, 0.05) is 18.1 Å². The van der Waals surface area contributed by atoms with E-state index in [0.29, 0.717) is 29.2 Å². The van der Waals surface area contributed by atoms with Gasteiger partial charge in [0.25, 0.3) is 10.0 Å². The standard InChI is InChI=1S/C30H36ClN3O4S/c1-5-19-32-30(36)27(6-2)33(20-24-17-15-22(3)16-18-24)29(35)21-34(28-14-10-13-26(31)23(28)4)39(37,38)25-11-8-7-9-12-25/h7-18,27H,5-6,19-21H2,1-4H3,(H,32,36). The summed E-state index contributed by atoms with van der Waals surface area (Å²) < 4.78 is 28.9. The summed E-state index contributed by atoms with van der Waals surface area (Å²) in [6, 6.07) is 19.9. The number of rotatable bonds is 12. The van der Waals surface area contributed by atoms with E-state index >= 15 is 0 Å². The van der Waals surface area contributed by atoms with Crippen LogP contribution in [0.25, 0.3) is 0 Å². The van der Waals surface area contributed by atoms with E-state index in [1.54, 1.807) is 43.3 Å². The minimum Gasteiger partial charge on any atom is -0.354 e. The van der Waals surface area contributed by atoms with E-state index in [-0.39, 0.29) is 17.3 Å². The van der Waals surface area contributed by atoms with Crippen LogP contribution in [0.3, 0.4) is 0 Å². The van der Waals surface area contributed by atoms with Crippen molar-refractivity contribution < 1.29 is 18.0 Å². The average Bonchev–Trinajstić information content (AvgIpc) is 2.93. The first-order valence-corrected chi connectivity index (χ1v) is 14.9. The first kappa shape index (κ1) is 30.2. The molecule has 0 saturated heterocycles. The molecule has 9 heteroatoms. The van der Waals surface area contributed by atoms with Gasteiger partial charge in [-0.15, -0.1) is 0 Å². The Balaban J connectivity index is 2.08. The van der Waals surface area contributed by atoms with Crippen LogP contribution in [0.4, 0.5) is 5.69 Å². The van der Waals surface area contributed by atoms with Crippen LogP contribution in [0.1, 0.15) is 43.4 Å². The zero-order valence-corrected chi connectivity index (χ0v) is 24.4. The summed E-state index contributed by atoms with van der Waals surface area (Å²) in [4.78, 5) is 28.7. The Kier molecular flexibility index (Phi) is 10.5. The lowest BCUT2D eigenvalue weighted by Crippen LogP contribution is -2.52. The van der Waals surface area contributed by atoms with E-state index in [4.69, 9.17) is 11.6 Å². The highest BCUT2D eigenvalue weighted by atomic mass is 35.5. The number of carbonyl (C=O) groups is 2. The summed E-state index contributed by atoms with van der Waals surface area (Å²) in [5.74, 6) is -0.760. The molecular weight excluding hydrogens is 534 g/mol. The molecule has 0 saturated carbocycles. The number of nitrogens with one attached hydrogen (secondary N) is 1. The molecule has 3 aromatic carbocycles. The third kappa shape index (κ3) is 7.40. The van der Waals surface area contributed by atoms with Gasteiger partial charge in [-0.2, -0.15) is 0 Å². The zero-order valence-electron chi connectivity index (χ0n) is 22.9. The van der Waals surface area contributed by atoms with Crippen molar-refractivity contribution in [2.45, 2.75) is 58.0 Å². The van der Waals surface area contributed by atoms with Crippen LogP contribution in [0.15, 0.2) is 77.7 Å². The topological polar surface area (TPSA) is 86.8 Å². The average molecular weight is 570 g/mol. The molecule has 7 nitrogen and oxygen atoms in total. The lowest BCUT2D eigenvalue weighted by Gasteiger charge is -2.33. The highest BCUT2D eigenvalue weighted by Crippen LogP contribution is 2.31. The van der Waals surface area contributed by atoms with Crippen LogP contribution in [0, 0.1) is 13.8 Å². The van der Waals surface area contributed by atoms with Crippen molar-refractivity contribution in [3.63, 3.8) is 0 Å². The fraction of sp³-hybridized carbons (Fsp3) is 0.333. The highest BCUT2D eigenvalue weighted by Gasteiger charge is 2.34. The predicted molar refractivity (Wildman–Crippen MR) is 156 cm³/mol. The molecule has 0 spiro atoms. The van der Waals surface area contributed by atoms with Gasteiger partial charge in [-0.05, 0) is 62.1 Å². The van der Waals surface area contributed by atoms with Crippen molar-refractivity contribution in [3.05, 3.63) is 94.5 Å². The van der Waals surface area contributed by atoms with E-state index < -0.39 is 28.5 Å². The maximum atomic E-state index is 14.1. The molecule has 0 aliphatic heterocycles. The van der Waals surface area contributed by atoms with E-state index in [9.17, 15) is 18.0 Å². The molecular formula is C30H36ClN3O4S. The molecule has 208 valence electrons. The second-order valence-corrected chi connectivity index (χ2v) is 11.7. The van der Waals surface area contributed by atoms with Crippen LogP contribution in [0.5, 0.6) is 0 Å². The summed E-state index contributed by atoms with van der Waals surface area (Å²) in [6.45, 7) is 7.62. The minimum absolute atomic E-state index is 0.0509. The Morgan fingerprint density at radius 1 is 0.923 bits per heavy atom. The van der Waals surface area contributed by atoms with E-state index in [1.807, 2.05) is 45.0 Å². The Labute approximate surface area is 236 Å². The second kappa shape index (κ2) is 13.6. The summed E-state index contributed by atoms with van der Waals surface area (Å²) in [7, 11) is -4.14.